The first-order valence-electron chi connectivity index (χ1n) is 7.13. The first-order chi connectivity index (χ1) is 9.60. The van der Waals surface area contributed by atoms with E-state index in [1.54, 1.807) is 0 Å². The smallest absolute Gasteiger partial charge is 0.0762 e. The summed E-state index contributed by atoms with van der Waals surface area (Å²) >= 11 is 3.46. The van der Waals surface area contributed by atoms with Gasteiger partial charge in [0.1, 0.15) is 0 Å². The second-order valence-electron chi connectivity index (χ2n) is 5.20. The summed E-state index contributed by atoms with van der Waals surface area (Å²) in [6, 6.07) is 11.3. The highest BCUT2D eigenvalue weighted by molar-refractivity contribution is 9.10. The molecule has 1 aromatic carbocycles. The molecule has 0 saturated heterocycles. The molecular formula is C16H22BrN3. The summed E-state index contributed by atoms with van der Waals surface area (Å²) in [5, 5.41) is 8.12. The van der Waals surface area contributed by atoms with Crippen molar-refractivity contribution < 1.29 is 0 Å². The molecule has 2 rings (SSSR count). The summed E-state index contributed by atoms with van der Waals surface area (Å²) in [4.78, 5) is 0. The van der Waals surface area contributed by atoms with E-state index in [1.165, 1.54) is 5.56 Å². The summed E-state index contributed by atoms with van der Waals surface area (Å²) in [7, 11) is 0. The van der Waals surface area contributed by atoms with E-state index in [1.807, 2.05) is 4.68 Å². The van der Waals surface area contributed by atoms with E-state index in [9.17, 15) is 0 Å². The van der Waals surface area contributed by atoms with E-state index in [0.29, 0.717) is 12.1 Å². The molecular weight excluding hydrogens is 314 g/mol. The predicted molar refractivity (Wildman–Crippen MR) is 86.6 cm³/mol. The normalized spacial score (nSPS) is 14.2. The van der Waals surface area contributed by atoms with Crippen molar-refractivity contribution in [3.8, 4) is 0 Å². The number of aromatic nitrogens is 2. The van der Waals surface area contributed by atoms with Crippen molar-refractivity contribution in [2.45, 2.75) is 45.8 Å². The summed E-state index contributed by atoms with van der Waals surface area (Å²) in [6.07, 6.45) is 3.17. The molecule has 0 saturated carbocycles. The Hall–Kier alpha value is -1.13. The van der Waals surface area contributed by atoms with Gasteiger partial charge in [0.05, 0.1) is 5.69 Å². The van der Waals surface area contributed by atoms with Gasteiger partial charge in [0.15, 0.2) is 0 Å². The van der Waals surface area contributed by atoms with Gasteiger partial charge in [0, 0.05) is 29.3 Å². The van der Waals surface area contributed by atoms with Gasteiger partial charge in [-0.3, -0.25) is 4.68 Å². The Labute approximate surface area is 129 Å². The molecule has 1 N–H and O–H groups in total. The minimum atomic E-state index is 0.317. The maximum absolute atomic E-state index is 4.61. The van der Waals surface area contributed by atoms with Gasteiger partial charge >= 0.3 is 0 Å². The molecule has 108 valence electrons. The Morgan fingerprint density at radius 1 is 1.20 bits per heavy atom. The monoisotopic (exact) mass is 335 g/mol. The van der Waals surface area contributed by atoms with Crippen LogP contribution in [0.25, 0.3) is 0 Å². The van der Waals surface area contributed by atoms with Crippen LogP contribution < -0.4 is 5.32 Å². The zero-order chi connectivity index (χ0) is 14.5. The Balaban J connectivity index is 1.91. The van der Waals surface area contributed by atoms with Gasteiger partial charge < -0.3 is 5.32 Å². The SMILES string of the molecule is CCC(C)n1ccc(CNC(C)c2ccc(Br)cc2)n1. The lowest BCUT2D eigenvalue weighted by molar-refractivity contribution is 0.468. The van der Waals surface area contributed by atoms with E-state index in [-0.39, 0.29) is 0 Å². The molecule has 0 bridgehead atoms. The number of hydrogen-bond donors (Lipinski definition) is 1. The van der Waals surface area contributed by atoms with E-state index in [0.717, 1.165) is 23.1 Å². The lowest BCUT2D eigenvalue weighted by Gasteiger charge is -2.13. The van der Waals surface area contributed by atoms with Crippen LogP contribution in [0.5, 0.6) is 0 Å². The molecule has 0 fully saturated rings. The Kier molecular flexibility index (Phi) is 5.38. The third kappa shape index (κ3) is 3.93. The van der Waals surface area contributed by atoms with E-state index >= 15 is 0 Å². The van der Waals surface area contributed by atoms with E-state index in [4.69, 9.17) is 0 Å². The fourth-order valence-electron chi connectivity index (χ4n) is 2.03. The molecule has 0 aliphatic heterocycles. The molecule has 2 unspecified atom stereocenters. The molecule has 0 aliphatic carbocycles. The molecule has 0 amide bonds. The minimum Gasteiger partial charge on any atom is -0.304 e. The summed E-state index contributed by atoms with van der Waals surface area (Å²) in [5.74, 6) is 0. The highest BCUT2D eigenvalue weighted by atomic mass is 79.9. The van der Waals surface area contributed by atoms with Crippen LogP contribution in [0.3, 0.4) is 0 Å². The van der Waals surface area contributed by atoms with Gasteiger partial charge in [0.2, 0.25) is 0 Å². The second-order valence-corrected chi connectivity index (χ2v) is 6.11. The summed E-state index contributed by atoms with van der Waals surface area (Å²) < 4.78 is 3.15. The van der Waals surface area contributed by atoms with Crippen molar-refractivity contribution in [1.82, 2.24) is 15.1 Å². The number of rotatable bonds is 6. The third-order valence-corrected chi connectivity index (χ3v) is 4.19. The van der Waals surface area contributed by atoms with Gasteiger partial charge in [-0.2, -0.15) is 5.10 Å². The lowest BCUT2D eigenvalue weighted by atomic mass is 10.1. The molecule has 20 heavy (non-hydrogen) atoms. The van der Waals surface area contributed by atoms with E-state index < -0.39 is 0 Å². The predicted octanol–water partition coefficient (Wildman–Crippen LogP) is 4.47. The first-order valence-corrected chi connectivity index (χ1v) is 7.92. The fraction of sp³-hybridized carbons (Fsp3) is 0.438. The molecule has 0 spiro atoms. The zero-order valence-electron chi connectivity index (χ0n) is 12.3. The Morgan fingerprint density at radius 2 is 1.90 bits per heavy atom. The van der Waals surface area contributed by atoms with Gasteiger partial charge in [-0.05, 0) is 44.0 Å². The van der Waals surface area contributed by atoms with Crippen molar-refractivity contribution in [3.05, 3.63) is 52.3 Å². The van der Waals surface area contributed by atoms with Crippen LogP contribution >= 0.6 is 15.9 Å². The number of nitrogens with zero attached hydrogens (tertiary/aromatic N) is 2. The molecule has 0 aliphatic rings. The Morgan fingerprint density at radius 3 is 2.55 bits per heavy atom. The zero-order valence-corrected chi connectivity index (χ0v) is 13.9. The standard InChI is InChI=1S/C16H22BrN3/c1-4-12(2)20-10-9-16(19-20)11-18-13(3)14-5-7-15(17)8-6-14/h5-10,12-13,18H,4,11H2,1-3H3. The van der Waals surface area contributed by atoms with Gasteiger partial charge in [0.25, 0.3) is 0 Å². The topological polar surface area (TPSA) is 29.9 Å². The van der Waals surface area contributed by atoms with Gasteiger partial charge in [-0.25, -0.2) is 0 Å². The van der Waals surface area contributed by atoms with Crippen LogP contribution in [0, 0.1) is 0 Å². The van der Waals surface area contributed by atoms with Crippen molar-refractivity contribution >= 4 is 15.9 Å². The first kappa shape index (κ1) is 15.3. The van der Waals surface area contributed by atoms with Crippen LogP contribution in [0.4, 0.5) is 0 Å². The molecule has 2 atom stereocenters. The van der Waals surface area contributed by atoms with Crippen molar-refractivity contribution in [2.75, 3.05) is 0 Å². The van der Waals surface area contributed by atoms with Crippen molar-refractivity contribution in [1.29, 1.82) is 0 Å². The highest BCUT2D eigenvalue weighted by Crippen LogP contribution is 2.17. The lowest BCUT2D eigenvalue weighted by Crippen LogP contribution is -2.18. The van der Waals surface area contributed by atoms with Crippen LogP contribution in [0.15, 0.2) is 41.0 Å². The average Bonchev–Trinajstić information content (AvgIpc) is 2.93. The largest absolute Gasteiger partial charge is 0.304 e. The minimum absolute atomic E-state index is 0.317. The highest BCUT2D eigenvalue weighted by Gasteiger charge is 2.07. The van der Waals surface area contributed by atoms with Gasteiger partial charge in [-0.1, -0.05) is 35.0 Å². The summed E-state index contributed by atoms with van der Waals surface area (Å²) in [6.45, 7) is 7.34. The fourth-order valence-corrected chi connectivity index (χ4v) is 2.30. The summed E-state index contributed by atoms with van der Waals surface area (Å²) in [5.41, 5.74) is 2.38. The Bertz CT molecular complexity index is 533. The van der Waals surface area contributed by atoms with Crippen molar-refractivity contribution in [2.24, 2.45) is 0 Å². The number of hydrogen-bond acceptors (Lipinski definition) is 2. The number of halogens is 1. The average molecular weight is 336 g/mol. The molecule has 2 aromatic rings. The molecule has 4 heteroatoms. The van der Waals surface area contributed by atoms with Crippen LogP contribution in [0.1, 0.15) is 50.5 Å². The maximum Gasteiger partial charge on any atom is 0.0762 e. The molecule has 1 aromatic heterocycles. The molecule has 0 radical (unpaired) electrons. The molecule has 1 heterocycles. The number of nitrogens with one attached hydrogen (secondary N) is 1. The van der Waals surface area contributed by atoms with Crippen molar-refractivity contribution in [3.63, 3.8) is 0 Å². The number of benzene rings is 1. The van der Waals surface area contributed by atoms with Gasteiger partial charge in [-0.15, -0.1) is 0 Å². The quantitative estimate of drug-likeness (QED) is 0.844. The molecule has 3 nitrogen and oxygen atoms in total. The van der Waals surface area contributed by atoms with Crippen LogP contribution in [-0.4, -0.2) is 9.78 Å². The van der Waals surface area contributed by atoms with Crippen LogP contribution in [-0.2, 0) is 6.54 Å². The van der Waals surface area contributed by atoms with E-state index in [2.05, 4.69) is 83.6 Å². The van der Waals surface area contributed by atoms with Crippen LogP contribution in [0.2, 0.25) is 0 Å². The second kappa shape index (κ2) is 7.04. The third-order valence-electron chi connectivity index (χ3n) is 3.67. The maximum atomic E-state index is 4.61.